The van der Waals surface area contributed by atoms with Gasteiger partial charge >= 0.3 is 0 Å². The highest BCUT2D eigenvalue weighted by molar-refractivity contribution is 7.89. The minimum atomic E-state index is -3.25. The molecule has 0 aliphatic carbocycles. The van der Waals surface area contributed by atoms with Crippen LogP contribution in [0.1, 0.15) is 19.3 Å². The van der Waals surface area contributed by atoms with Crippen molar-refractivity contribution < 1.29 is 13.2 Å². The number of halogens is 1. The molecule has 0 aromatic carbocycles. The van der Waals surface area contributed by atoms with Gasteiger partial charge in [0.05, 0.1) is 5.75 Å². The lowest BCUT2D eigenvalue weighted by atomic mass is 10.4. The summed E-state index contributed by atoms with van der Waals surface area (Å²) >= 11 is 5.45. The first-order valence-corrected chi connectivity index (χ1v) is 7.31. The maximum Gasteiger partial charge on any atom is 0.223 e. The van der Waals surface area contributed by atoms with E-state index >= 15 is 0 Å². The third kappa shape index (κ3) is 7.90. The average Bonchev–Trinajstić information content (AvgIpc) is 2.17. The van der Waals surface area contributed by atoms with Gasteiger partial charge in [0, 0.05) is 32.9 Å². The molecule has 0 aliphatic rings. The van der Waals surface area contributed by atoms with Crippen molar-refractivity contribution in [3.63, 3.8) is 0 Å². The summed E-state index contributed by atoms with van der Waals surface area (Å²) in [6.07, 6.45) is 1.40. The Kier molecular flexibility index (Phi) is 7.70. The van der Waals surface area contributed by atoms with Crippen molar-refractivity contribution in [3.8, 4) is 0 Å². The molecule has 0 radical (unpaired) electrons. The highest BCUT2D eigenvalue weighted by Crippen LogP contribution is 1.96. The van der Waals surface area contributed by atoms with Crippen molar-refractivity contribution in [3.05, 3.63) is 0 Å². The quantitative estimate of drug-likeness (QED) is 0.513. The first-order chi connectivity index (χ1) is 7.39. The maximum atomic E-state index is 11.4. The molecule has 5 nitrogen and oxygen atoms in total. The number of rotatable bonds is 8. The number of alkyl halides is 1. The van der Waals surface area contributed by atoms with Gasteiger partial charge in [-0.15, -0.1) is 11.6 Å². The second-order valence-corrected chi connectivity index (χ2v) is 5.95. The molecule has 7 heteroatoms. The first kappa shape index (κ1) is 15.7. The van der Waals surface area contributed by atoms with Crippen molar-refractivity contribution >= 4 is 27.5 Å². The Bertz CT molecular complexity index is 304. The van der Waals surface area contributed by atoms with Gasteiger partial charge in [0.1, 0.15) is 0 Å². The standard InChI is InChI=1S/C9H19ClN2O3S/c1-12(2)9(13)5-7-11-16(14,15)8-4-3-6-10/h11H,3-8H2,1-2H3. The maximum absolute atomic E-state index is 11.4. The van der Waals surface area contributed by atoms with Crippen LogP contribution in [0.25, 0.3) is 0 Å². The smallest absolute Gasteiger partial charge is 0.223 e. The third-order valence-corrected chi connectivity index (χ3v) is 3.69. The van der Waals surface area contributed by atoms with E-state index in [0.29, 0.717) is 18.7 Å². The second-order valence-electron chi connectivity index (χ2n) is 3.65. The molecule has 96 valence electrons. The molecule has 0 unspecified atom stereocenters. The molecule has 0 aromatic heterocycles. The molecule has 16 heavy (non-hydrogen) atoms. The van der Waals surface area contributed by atoms with Gasteiger partial charge in [0.2, 0.25) is 15.9 Å². The Morgan fingerprint density at radius 3 is 2.44 bits per heavy atom. The van der Waals surface area contributed by atoms with Crippen molar-refractivity contribution in [2.75, 3.05) is 32.3 Å². The van der Waals surface area contributed by atoms with Crippen LogP contribution in [0.3, 0.4) is 0 Å². The Morgan fingerprint density at radius 2 is 1.94 bits per heavy atom. The molecule has 0 aliphatic heterocycles. The second kappa shape index (κ2) is 7.86. The number of carbonyl (C=O) groups is 1. The van der Waals surface area contributed by atoms with Crippen LogP contribution in [0, 0.1) is 0 Å². The van der Waals surface area contributed by atoms with Gasteiger partial charge in [-0.05, 0) is 12.8 Å². The van der Waals surface area contributed by atoms with E-state index in [1.165, 1.54) is 4.90 Å². The highest BCUT2D eigenvalue weighted by Gasteiger charge is 2.10. The van der Waals surface area contributed by atoms with Crippen LogP contribution in [0.2, 0.25) is 0 Å². The number of hydrogen-bond acceptors (Lipinski definition) is 3. The van der Waals surface area contributed by atoms with E-state index in [1.54, 1.807) is 14.1 Å². The fraction of sp³-hybridized carbons (Fsp3) is 0.889. The summed E-state index contributed by atoms with van der Waals surface area (Å²) in [6, 6.07) is 0. The molecule has 0 saturated carbocycles. The number of nitrogens with zero attached hydrogens (tertiary/aromatic N) is 1. The molecule has 0 spiro atoms. The summed E-state index contributed by atoms with van der Waals surface area (Å²) in [5, 5.41) is 0. The van der Waals surface area contributed by atoms with E-state index in [4.69, 9.17) is 11.6 Å². The van der Waals surface area contributed by atoms with Gasteiger partial charge in [0.25, 0.3) is 0 Å². The van der Waals surface area contributed by atoms with E-state index in [-0.39, 0.29) is 24.6 Å². The molecule has 0 fully saturated rings. The fourth-order valence-electron chi connectivity index (χ4n) is 0.996. The zero-order chi connectivity index (χ0) is 12.6. The molecule has 0 rings (SSSR count). The molecule has 0 bridgehead atoms. The summed E-state index contributed by atoms with van der Waals surface area (Å²) in [7, 11) is 0.0179. The molecular formula is C9H19ClN2O3S. The first-order valence-electron chi connectivity index (χ1n) is 5.12. The normalized spacial score (nSPS) is 11.4. The Balaban J connectivity index is 3.78. The van der Waals surface area contributed by atoms with Crippen molar-refractivity contribution in [2.45, 2.75) is 19.3 Å². The summed E-state index contributed by atoms with van der Waals surface area (Å²) in [6.45, 7) is 0.153. The van der Waals surface area contributed by atoms with Crippen LogP contribution < -0.4 is 4.72 Å². The predicted molar refractivity (Wildman–Crippen MR) is 65.1 cm³/mol. The van der Waals surface area contributed by atoms with Crippen molar-refractivity contribution in [2.24, 2.45) is 0 Å². The van der Waals surface area contributed by atoms with Crippen molar-refractivity contribution in [1.82, 2.24) is 9.62 Å². The van der Waals surface area contributed by atoms with Crippen LogP contribution in [0.5, 0.6) is 0 Å². The SMILES string of the molecule is CN(C)C(=O)CCNS(=O)(=O)CCCCCl. The van der Waals surface area contributed by atoms with Gasteiger partial charge in [-0.25, -0.2) is 13.1 Å². The summed E-state index contributed by atoms with van der Waals surface area (Å²) in [5.41, 5.74) is 0. The van der Waals surface area contributed by atoms with Gasteiger partial charge in [-0.3, -0.25) is 4.79 Å². The summed E-state index contributed by atoms with van der Waals surface area (Å²) in [4.78, 5) is 12.6. The van der Waals surface area contributed by atoms with Gasteiger partial charge < -0.3 is 4.90 Å². The Hall–Kier alpha value is -0.330. The number of nitrogens with one attached hydrogen (secondary N) is 1. The number of sulfonamides is 1. The number of hydrogen-bond donors (Lipinski definition) is 1. The molecule has 0 atom stereocenters. The van der Waals surface area contributed by atoms with Gasteiger partial charge in [0.15, 0.2) is 0 Å². The molecule has 0 heterocycles. The van der Waals surface area contributed by atoms with Crippen LogP contribution >= 0.6 is 11.6 Å². The molecule has 1 amide bonds. The lowest BCUT2D eigenvalue weighted by molar-refractivity contribution is -0.128. The van der Waals surface area contributed by atoms with Gasteiger partial charge in [-0.1, -0.05) is 0 Å². The lowest BCUT2D eigenvalue weighted by Gasteiger charge is -2.10. The Morgan fingerprint density at radius 1 is 1.31 bits per heavy atom. The number of unbranched alkanes of at least 4 members (excludes halogenated alkanes) is 1. The number of amides is 1. The van der Waals surface area contributed by atoms with E-state index < -0.39 is 10.0 Å². The van der Waals surface area contributed by atoms with E-state index in [1.807, 2.05) is 0 Å². The molecule has 0 saturated heterocycles. The molecule has 1 N–H and O–H groups in total. The van der Waals surface area contributed by atoms with Crippen LogP contribution in [0.15, 0.2) is 0 Å². The van der Waals surface area contributed by atoms with E-state index in [9.17, 15) is 13.2 Å². The van der Waals surface area contributed by atoms with Crippen LogP contribution in [-0.4, -0.2) is 51.5 Å². The predicted octanol–water partition coefficient (Wildman–Crippen LogP) is 0.403. The minimum absolute atomic E-state index is 0.0654. The fourth-order valence-corrected chi connectivity index (χ4v) is 2.33. The largest absolute Gasteiger partial charge is 0.349 e. The van der Waals surface area contributed by atoms with Crippen molar-refractivity contribution in [1.29, 1.82) is 0 Å². The summed E-state index contributed by atoms with van der Waals surface area (Å²) < 4.78 is 25.1. The third-order valence-electron chi connectivity index (χ3n) is 1.96. The minimum Gasteiger partial charge on any atom is -0.349 e. The van der Waals surface area contributed by atoms with Crippen LogP contribution in [-0.2, 0) is 14.8 Å². The molecule has 0 aromatic rings. The van der Waals surface area contributed by atoms with E-state index in [2.05, 4.69) is 4.72 Å². The average molecular weight is 271 g/mol. The van der Waals surface area contributed by atoms with Crippen LogP contribution in [0.4, 0.5) is 0 Å². The highest BCUT2D eigenvalue weighted by atomic mass is 35.5. The Labute approximate surface area is 102 Å². The monoisotopic (exact) mass is 270 g/mol. The number of carbonyl (C=O) groups excluding carboxylic acids is 1. The van der Waals surface area contributed by atoms with Gasteiger partial charge in [-0.2, -0.15) is 0 Å². The van der Waals surface area contributed by atoms with E-state index in [0.717, 1.165) is 0 Å². The zero-order valence-electron chi connectivity index (χ0n) is 9.70. The summed E-state index contributed by atoms with van der Waals surface area (Å²) in [5.74, 6) is 0.438. The topological polar surface area (TPSA) is 66.5 Å². The lowest BCUT2D eigenvalue weighted by Crippen LogP contribution is -2.31. The molecular weight excluding hydrogens is 252 g/mol. The zero-order valence-corrected chi connectivity index (χ0v) is 11.3.